The highest BCUT2D eigenvalue weighted by Crippen LogP contribution is 2.34. The lowest BCUT2D eigenvalue weighted by atomic mass is 10.00. The summed E-state index contributed by atoms with van der Waals surface area (Å²) in [5, 5.41) is 6.81. The SMILES string of the molecule is Cc1cc2c(-c3ccc(Cl)cc3)nn(-c3ccc4c(c3)OCO4)c(=O)c2cc1C. The van der Waals surface area contributed by atoms with Gasteiger partial charge in [0.05, 0.1) is 16.8 Å². The number of rotatable bonds is 2. The largest absolute Gasteiger partial charge is 0.454 e. The fourth-order valence-electron chi connectivity index (χ4n) is 3.52. The van der Waals surface area contributed by atoms with Crippen molar-refractivity contribution < 1.29 is 9.47 Å². The molecule has 4 aromatic rings. The maximum atomic E-state index is 13.3. The van der Waals surface area contributed by atoms with Gasteiger partial charge in [-0.05, 0) is 61.4 Å². The van der Waals surface area contributed by atoms with E-state index in [9.17, 15) is 4.79 Å². The molecule has 2 heterocycles. The fourth-order valence-corrected chi connectivity index (χ4v) is 3.64. The standard InChI is InChI=1S/C23H17ClN2O3/c1-13-9-18-19(10-14(13)2)23(27)26(17-7-8-20-21(11-17)29-12-28-20)25-22(18)15-3-5-16(24)6-4-15/h3-11H,12H2,1-2H3. The molecular weight excluding hydrogens is 388 g/mol. The molecule has 5 rings (SSSR count). The van der Waals surface area contributed by atoms with E-state index in [1.807, 2.05) is 50.2 Å². The molecule has 6 heteroatoms. The first-order chi connectivity index (χ1) is 14.0. The van der Waals surface area contributed by atoms with Crippen LogP contribution in [0, 0.1) is 13.8 Å². The van der Waals surface area contributed by atoms with E-state index in [0.29, 0.717) is 27.6 Å². The Morgan fingerprint density at radius 2 is 1.59 bits per heavy atom. The molecular formula is C23H17ClN2O3. The first-order valence-electron chi connectivity index (χ1n) is 9.21. The zero-order valence-electron chi connectivity index (χ0n) is 15.9. The average molecular weight is 405 g/mol. The van der Waals surface area contributed by atoms with Crippen molar-refractivity contribution in [3.63, 3.8) is 0 Å². The third kappa shape index (κ3) is 2.95. The summed E-state index contributed by atoms with van der Waals surface area (Å²) in [6, 6.07) is 16.8. The second kappa shape index (κ2) is 6.64. The molecule has 0 spiro atoms. The maximum absolute atomic E-state index is 13.3. The van der Waals surface area contributed by atoms with E-state index in [-0.39, 0.29) is 12.4 Å². The summed E-state index contributed by atoms with van der Waals surface area (Å²) in [7, 11) is 0. The summed E-state index contributed by atoms with van der Waals surface area (Å²) in [4.78, 5) is 13.3. The first-order valence-corrected chi connectivity index (χ1v) is 9.59. The second-order valence-corrected chi connectivity index (χ2v) is 7.53. The van der Waals surface area contributed by atoms with E-state index in [1.165, 1.54) is 4.68 Å². The Bertz CT molecular complexity index is 1330. The highest BCUT2D eigenvalue weighted by atomic mass is 35.5. The predicted molar refractivity (Wildman–Crippen MR) is 113 cm³/mol. The van der Waals surface area contributed by atoms with Gasteiger partial charge in [0.25, 0.3) is 5.56 Å². The monoisotopic (exact) mass is 404 g/mol. The van der Waals surface area contributed by atoms with Crippen molar-refractivity contribution >= 4 is 22.4 Å². The molecule has 0 amide bonds. The molecule has 0 saturated carbocycles. The fraction of sp³-hybridized carbons (Fsp3) is 0.130. The van der Waals surface area contributed by atoms with Gasteiger partial charge in [-0.2, -0.15) is 9.78 Å². The Kier molecular flexibility index (Phi) is 4.07. The molecule has 0 fully saturated rings. The van der Waals surface area contributed by atoms with Crippen LogP contribution >= 0.6 is 11.6 Å². The lowest BCUT2D eigenvalue weighted by Gasteiger charge is -2.13. The summed E-state index contributed by atoms with van der Waals surface area (Å²) >= 11 is 6.07. The van der Waals surface area contributed by atoms with Crippen LogP contribution in [0.1, 0.15) is 11.1 Å². The Morgan fingerprint density at radius 3 is 2.34 bits per heavy atom. The topological polar surface area (TPSA) is 53.4 Å². The third-order valence-electron chi connectivity index (χ3n) is 5.23. The van der Waals surface area contributed by atoms with Crippen LogP contribution in [-0.2, 0) is 0 Å². The van der Waals surface area contributed by atoms with Crippen LogP contribution in [0.15, 0.2) is 59.4 Å². The predicted octanol–water partition coefficient (Wildman–Crippen LogP) is 5.05. The van der Waals surface area contributed by atoms with E-state index in [2.05, 4.69) is 0 Å². The molecule has 0 bridgehead atoms. The minimum absolute atomic E-state index is 0.174. The van der Waals surface area contributed by atoms with Crippen molar-refractivity contribution in [2.45, 2.75) is 13.8 Å². The van der Waals surface area contributed by atoms with E-state index in [4.69, 9.17) is 26.2 Å². The summed E-state index contributed by atoms with van der Waals surface area (Å²) < 4.78 is 12.3. The minimum Gasteiger partial charge on any atom is -0.454 e. The summed E-state index contributed by atoms with van der Waals surface area (Å²) in [5.74, 6) is 1.26. The lowest BCUT2D eigenvalue weighted by molar-refractivity contribution is 0.174. The molecule has 144 valence electrons. The van der Waals surface area contributed by atoms with Gasteiger partial charge < -0.3 is 9.47 Å². The van der Waals surface area contributed by atoms with Crippen LogP contribution in [0.3, 0.4) is 0 Å². The molecule has 5 nitrogen and oxygen atoms in total. The smallest absolute Gasteiger partial charge is 0.279 e. The zero-order chi connectivity index (χ0) is 20.1. The lowest BCUT2D eigenvalue weighted by Crippen LogP contribution is -2.22. The van der Waals surface area contributed by atoms with E-state index in [1.54, 1.807) is 18.2 Å². The van der Waals surface area contributed by atoms with Crippen LogP contribution < -0.4 is 15.0 Å². The van der Waals surface area contributed by atoms with Crippen molar-refractivity contribution in [3.05, 3.63) is 81.1 Å². The number of hydrogen-bond donors (Lipinski definition) is 0. The van der Waals surface area contributed by atoms with Gasteiger partial charge in [-0.25, -0.2) is 0 Å². The maximum Gasteiger partial charge on any atom is 0.279 e. The molecule has 0 aliphatic carbocycles. The molecule has 29 heavy (non-hydrogen) atoms. The molecule has 0 N–H and O–H groups in total. The number of ether oxygens (including phenoxy) is 2. The molecule has 1 aliphatic heterocycles. The Hall–Kier alpha value is -3.31. The number of halogens is 1. The average Bonchev–Trinajstić information content (AvgIpc) is 3.18. The highest BCUT2D eigenvalue weighted by molar-refractivity contribution is 6.30. The van der Waals surface area contributed by atoms with Crippen molar-refractivity contribution in [1.82, 2.24) is 9.78 Å². The van der Waals surface area contributed by atoms with Crippen LogP contribution in [0.4, 0.5) is 0 Å². The number of benzene rings is 3. The van der Waals surface area contributed by atoms with E-state index in [0.717, 1.165) is 27.8 Å². The van der Waals surface area contributed by atoms with Crippen molar-refractivity contribution in [1.29, 1.82) is 0 Å². The number of nitrogens with zero attached hydrogens (tertiary/aromatic N) is 2. The van der Waals surface area contributed by atoms with Crippen LogP contribution in [0.5, 0.6) is 11.5 Å². The molecule has 0 unspecified atom stereocenters. The quantitative estimate of drug-likeness (QED) is 0.469. The van der Waals surface area contributed by atoms with Gasteiger partial charge in [0.1, 0.15) is 0 Å². The Labute approximate surface area is 172 Å². The summed E-state index contributed by atoms with van der Waals surface area (Å²) in [6.45, 7) is 4.21. The van der Waals surface area contributed by atoms with Gasteiger partial charge in [0, 0.05) is 22.0 Å². The second-order valence-electron chi connectivity index (χ2n) is 7.09. The van der Waals surface area contributed by atoms with Gasteiger partial charge in [-0.3, -0.25) is 4.79 Å². The molecule has 0 atom stereocenters. The molecule has 3 aromatic carbocycles. The zero-order valence-corrected chi connectivity index (χ0v) is 16.7. The summed E-state index contributed by atoms with van der Waals surface area (Å²) in [6.07, 6.45) is 0. The normalized spacial score (nSPS) is 12.5. The van der Waals surface area contributed by atoms with Crippen molar-refractivity contribution in [2.24, 2.45) is 0 Å². The Balaban J connectivity index is 1.83. The molecule has 1 aromatic heterocycles. The van der Waals surface area contributed by atoms with E-state index < -0.39 is 0 Å². The first kappa shape index (κ1) is 17.8. The van der Waals surface area contributed by atoms with E-state index >= 15 is 0 Å². The highest BCUT2D eigenvalue weighted by Gasteiger charge is 2.18. The number of aryl methyl sites for hydroxylation is 2. The number of fused-ring (bicyclic) bond motifs is 2. The van der Waals surface area contributed by atoms with Crippen LogP contribution in [0.2, 0.25) is 5.02 Å². The van der Waals surface area contributed by atoms with Gasteiger partial charge in [-0.1, -0.05) is 23.7 Å². The molecule has 0 saturated heterocycles. The Morgan fingerprint density at radius 1 is 0.897 bits per heavy atom. The number of aromatic nitrogens is 2. The van der Waals surface area contributed by atoms with Crippen molar-refractivity contribution in [2.75, 3.05) is 6.79 Å². The van der Waals surface area contributed by atoms with Gasteiger partial charge in [0.15, 0.2) is 11.5 Å². The van der Waals surface area contributed by atoms with Gasteiger partial charge >= 0.3 is 0 Å². The van der Waals surface area contributed by atoms with Crippen molar-refractivity contribution in [3.8, 4) is 28.4 Å². The third-order valence-corrected chi connectivity index (χ3v) is 5.48. The van der Waals surface area contributed by atoms with Crippen LogP contribution in [0.25, 0.3) is 27.7 Å². The molecule has 0 radical (unpaired) electrons. The van der Waals surface area contributed by atoms with Crippen LogP contribution in [-0.4, -0.2) is 16.6 Å². The van der Waals surface area contributed by atoms with Gasteiger partial charge in [-0.15, -0.1) is 0 Å². The van der Waals surface area contributed by atoms with Gasteiger partial charge in [0.2, 0.25) is 6.79 Å². The number of hydrogen-bond acceptors (Lipinski definition) is 4. The summed E-state index contributed by atoms with van der Waals surface area (Å²) in [5.41, 5.74) is 4.21. The molecule has 1 aliphatic rings. The minimum atomic E-state index is -0.181.